The number of nitrogens with zero attached hydrogens (tertiary/aromatic N) is 2. The fraction of sp³-hybridized carbons (Fsp3) is 0.278. The normalized spacial score (nSPS) is 17.6. The van der Waals surface area contributed by atoms with Crippen molar-refractivity contribution in [2.45, 2.75) is 13.0 Å². The van der Waals surface area contributed by atoms with E-state index in [1.807, 2.05) is 0 Å². The Morgan fingerprint density at radius 3 is 2.30 bits per heavy atom. The molecule has 1 heterocycles. The molecule has 0 saturated carbocycles. The van der Waals surface area contributed by atoms with E-state index in [2.05, 4.69) is 5.32 Å². The van der Waals surface area contributed by atoms with Gasteiger partial charge in [-0.25, -0.2) is 8.78 Å². The molecule has 144 valence electrons. The van der Waals surface area contributed by atoms with Crippen LogP contribution < -0.4 is 5.32 Å². The van der Waals surface area contributed by atoms with Crippen LogP contribution in [0.25, 0.3) is 0 Å². The third-order valence-electron chi connectivity index (χ3n) is 4.24. The van der Waals surface area contributed by atoms with E-state index in [-0.39, 0.29) is 30.9 Å². The molecule has 9 heteroatoms. The summed E-state index contributed by atoms with van der Waals surface area (Å²) in [6.07, 6.45) is 0.501. The van der Waals surface area contributed by atoms with E-state index in [9.17, 15) is 22.0 Å². The van der Waals surface area contributed by atoms with Gasteiger partial charge in [0.05, 0.1) is 12.2 Å². The van der Waals surface area contributed by atoms with Gasteiger partial charge in [0.1, 0.15) is 11.6 Å². The van der Waals surface area contributed by atoms with Crippen LogP contribution in [0.4, 0.5) is 14.5 Å². The standard InChI is InChI=1S/C18H19F2N3O3S/c19-15-7-2-1-6-14(15)12-22-10-5-11-23(27(22,25)26)13-18(24)21-17-9-4-3-8-16(17)20/h1-4,6-9H,5,10-13H2,(H,21,24). The summed E-state index contributed by atoms with van der Waals surface area (Å²) in [4.78, 5) is 12.2. The molecule has 1 saturated heterocycles. The van der Waals surface area contributed by atoms with Crippen molar-refractivity contribution in [2.24, 2.45) is 0 Å². The number of nitrogens with one attached hydrogen (secondary N) is 1. The van der Waals surface area contributed by atoms with Crippen LogP contribution in [0.2, 0.25) is 0 Å². The van der Waals surface area contributed by atoms with Crippen LogP contribution in [0.1, 0.15) is 12.0 Å². The summed E-state index contributed by atoms with van der Waals surface area (Å²) >= 11 is 0. The zero-order valence-electron chi connectivity index (χ0n) is 14.4. The molecule has 0 atom stereocenters. The van der Waals surface area contributed by atoms with Crippen molar-refractivity contribution in [3.05, 3.63) is 65.7 Å². The van der Waals surface area contributed by atoms with Crippen LogP contribution >= 0.6 is 0 Å². The van der Waals surface area contributed by atoms with Gasteiger partial charge >= 0.3 is 0 Å². The molecular weight excluding hydrogens is 376 g/mol. The number of amides is 1. The average molecular weight is 395 g/mol. The zero-order chi connectivity index (χ0) is 19.4. The van der Waals surface area contributed by atoms with Crippen LogP contribution in [-0.2, 0) is 21.5 Å². The molecule has 1 fully saturated rings. The lowest BCUT2D eigenvalue weighted by Crippen LogP contribution is -2.51. The number of halogens is 2. The second kappa shape index (κ2) is 8.12. The van der Waals surface area contributed by atoms with Crippen molar-refractivity contribution in [1.82, 2.24) is 8.61 Å². The van der Waals surface area contributed by atoms with Crippen LogP contribution in [-0.4, -0.2) is 42.6 Å². The minimum Gasteiger partial charge on any atom is -0.322 e. The number of hydrogen-bond donors (Lipinski definition) is 1. The number of anilines is 1. The first kappa shape index (κ1) is 19.4. The molecule has 0 unspecified atom stereocenters. The summed E-state index contributed by atoms with van der Waals surface area (Å²) in [5.74, 6) is -1.73. The smallest absolute Gasteiger partial charge is 0.282 e. The van der Waals surface area contributed by atoms with E-state index >= 15 is 0 Å². The van der Waals surface area contributed by atoms with Crippen LogP contribution in [0, 0.1) is 11.6 Å². The van der Waals surface area contributed by atoms with Gasteiger partial charge in [-0.3, -0.25) is 4.79 Å². The van der Waals surface area contributed by atoms with Crippen molar-refractivity contribution >= 4 is 21.8 Å². The Bertz CT molecular complexity index is 937. The largest absolute Gasteiger partial charge is 0.322 e. The Hall–Kier alpha value is -2.36. The van der Waals surface area contributed by atoms with Crippen LogP contribution in [0.5, 0.6) is 0 Å². The fourth-order valence-corrected chi connectivity index (χ4v) is 4.50. The Balaban J connectivity index is 1.70. The number of benzene rings is 2. The summed E-state index contributed by atoms with van der Waals surface area (Å²) in [6.45, 7) is -0.145. The highest BCUT2D eigenvalue weighted by atomic mass is 32.2. The molecule has 0 aromatic heterocycles. The predicted molar refractivity (Wildman–Crippen MR) is 96.9 cm³/mol. The number of rotatable bonds is 5. The van der Waals surface area contributed by atoms with E-state index in [0.29, 0.717) is 6.42 Å². The maximum atomic E-state index is 13.8. The topological polar surface area (TPSA) is 69.7 Å². The lowest BCUT2D eigenvalue weighted by Gasteiger charge is -2.34. The van der Waals surface area contributed by atoms with Gasteiger partial charge in [0.2, 0.25) is 5.91 Å². The number of para-hydroxylation sites is 1. The number of carbonyl (C=O) groups is 1. The molecule has 0 spiro atoms. The van der Waals surface area contributed by atoms with Gasteiger partial charge in [-0.15, -0.1) is 0 Å². The van der Waals surface area contributed by atoms with Crippen molar-refractivity contribution in [3.63, 3.8) is 0 Å². The average Bonchev–Trinajstić information content (AvgIpc) is 2.62. The maximum absolute atomic E-state index is 13.8. The highest BCUT2D eigenvalue weighted by Gasteiger charge is 2.35. The highest BCUT2D eigenvalue weighted by molar-refractivity contribution is 7.86. The quantitative estimate of drug-likeness (QED) is 0.845. The highest BCUT2D eigenvalue weighted by Crippen LogP contribution is 2.21. The molecule has 1 aliphatic rings. The summed E-state index contributed by atoms with van der Waals surface area (Å²) in [7, 11) is -3.93. The molecule has 6 nitrogen and oxygen atoms in total. The molecule has 1 N–H and O–H groups in total. The third kappa shape index (κ3) is 4.49. The lowest BCUT2D eigenvalue weighted by molar-refractivity contribution is -0.116. The second-order valence-corrected chi connectivity index (χ2v) is 8.08. The monoisotopic (exact) mass is 395 g/mol. The minimum atomic E-state index is -3.93. The summed E-state index contributed by atoms with van der Waals surface area (Å²) in [5.41, 5.74) is 0.249. The number of hydrogen-bond acceptors (Lipinski definition) is 3. The molecule has 2 aromatic carbocycles. The van der Waals surface area contributed by atoms with E-state index in [0.717, 1.165) is 8.61 Å². The molecule has 1 aliphatic heterocycles. The Kier molecular flexibility index (Phi) is 5.83. The first-order valence-corrected chi connectivity index (χ1v) is 9.80. The lowest BCUT2D eigenvalue weighted by atomic mass is 10.2. The van der Waals surface area contributed by atoms with Crippen molar-refractivity contribution in [2.75, 3.05) is 25.0 Å². The molecule has 2 aromatic rings. The summed E-state index contributed by atoms with van der Waals surface area (Å²) < 4.78 is 55.2. The summed E-state index contributed by atoms with van der Waals surface area (Å²) in [5, 5.41) is 2.37. The van der Waals surface area contributed by atoms with Gasteiger partial charge in [0, 0.05) is 25.2 Å². The molecule has 27 heavy (non-hydrogen) atoms. The molecule has 3 rings (SSSR count). The van der Waals surface area contributed by atoms with Gasteiger partial charge in [0.15, 0.2) is 0 Å². The second-order valence-electron chi connectivity index (χ2n) is 6.15. The zero-order valence-corrected chi connectivity index (χ0v) is 15.3. The van der Waals surface area contributed by atoms with Gasteiger partial charge in [-0.05, 0) is 24.6 Å². The van der Waals surface area contributed by atoms with Crippen molar-refractivity contribution in [3.8, 4) is 0 Å². The summed E-state index contributed by atoms with van der Waals surface area (Å²) in [6, 6.07) is 11.6. The SMILES string of the molecule is O=C(CN1CCCN(Cc2ccccc2F)S1(=O)=O)Nc1ccccc1F. The first-order valence-electron chi connectivity index (χ1n) is 8.41. The maximum Gasteiger partial charge on any atom is 0.282 e. The van der Waals surface area contributed by atoms with Crippen molar-refractivity contribution in [1.29, 1.82) is 0 Å². The van der Waals surface area contributed by atoms with Gasteiger partial charge in [-0.1, -0.05) is 30.3 Å². The Morgan fingerprint density at radius 1 is 0.963 bits per heavy atom. The van der Waals surface area contributed by atoms with Crippen LogP contribution in [0.3, 0.4) is 0 Å². The Morgan fingerprint density at radius 2 is 1.59 bits per heavy atom. The molecule has 1 amide bonds. The number of carbonyl (C=O) groups excluding carboxylic acids is 1. The molecule has 0 radical (unpaired) electrons. The Labute approximate surface area is 156 Å². The van der Waals surface area contributed by atoms with Gasteiger partial charge < -0.3 is 5.32 Å². The molecular formula is C18H19F2N3O3S. The van der Waals surface area contributed by atoms with Gasteiger partial charge in [-0.2, -0.15) is 17.0 Å². The fourth-order valence-electron chi connectivity index (χ4n) is 2.87. The van der Waals surface area contributed by atoms with Crippen LogP contribution in [0.15, 0.2) is 48.5 Å². The van der Waals surface area contributed by atoms with E-state index < -0.39 is 34.3 Å². The van der Waals surface area contributed by atoms with Gasteiger partial charge in [0.25, 0.3) is 10.2 Å². The molecule has 0 bridgehead atoms. The van der Waals surface area contributed by atoms with E-state index in [1.165, 1.54) is 36.4 Å². The van der Waals surface area contributed by atoms with E-state index in [4.69, 9.17) is 0 Å². The predicted octanol–water partition coefficient (Wildman–Crippen LogP) is 2.36. The minimum absolute atomic E-state index is 0.0138. The first-order chi connectivity index (χ1) is 12.9. The molecule has 0 aliphatic carbocycles. The van der Waals surface area contributed by atoms with Crippen molar-refractivity contribution < 1.29 is 22.0 Å². The third-order valence-corrected chi connectivity index (χ3v) is 6.17. The van der Waals surface area contributed by atoms with E-state index in [1.54, 1.807) is 12.1 Å².